The normalized spacial score (nSPS) is 23.5. The van der Waals surface area contributed by atoms with E-state index in [0.717, 1.165) is 24.9 Å². The van der Waals surface area contributed by atoms with E-state index in [-0.39, 0.29) is 5.54 Å². The second-order valence-electron chi connectivity index (χ2n) is 5.97. The Balaban J connectivity index is 1.78. The van der Waals surface area contributed by atoms with E-state index >= 15 is 0 Å². The van der Waals surface area contributed by atoms with E-state index in [1.54, 1.807) is 6.33 Å². The molecule has 1 aliphatic heterocycles. The zero-order valence-electron chi connectivity index (χ0n) is 12.0. The molecule has 1 aromatic carbocycles. The summed E-state index contributed by atoms with van der Waals surface area (Å²) in [5.41, 5.74) is 10.9. The van der Waals surface area contributed by atoms with Gasteiger partial charge >= 0.3 is 0 Å². The van der Waals surface area contributed by atoms with Crippen molar-refractivity contribution in [3.63, 3.8) is 0 Å². The average molecular weight is 279 g/mol. The molecule has 1 unspecified atom stereocenters. The first-order chi connectivity index (χ1) is 10.2. The fourth-order valence-corrected chi connectivity index (χ4v) is 3.54. The lowest BCUT2D eigenvalue weighted by molar-refractivity contribution is 0.385. The number of hydrogen-bond acceptors (Lipinski definition) is 5. The molecule has 21 heavy (non-hydrogen) atoms. The van der Waals surface area contributed by atoms with Gasteiger partial charge in [-0.05, 0) is 16.7 Å². The molecule has 2 aromatic rings. The number of aliphatic imine (C=N–C) groups is 1. The lowest BCUT2D eigenvalue weighted by atomic mass is 9.95. The van der Waals surface area contributed by atoms with Crippen LogP contribution in [0.3, 0.4) is 0 Å². The SMILES string of the molecule is CN1CC2(Cc3cccc(-c4cncnc4)c3C2)N=C1N. The zero-order chi connectivity index (χ0) is 14.4. The zero-order valence-corrected chi connectivity index (χ0v) is 12.0. The Kier molecular flexibility index (Phi) is 2.51. The number of nitrogens with zero attached hydrogens (tertiary/aromatic N) is 4. The summed E-state index contributed by atoms with van der Waals surface area (Å²) in [6.07, 6.45) is 7.18. The van der Waals surface area contributed by atoms with Gasteiger partial charge in [0.05, 0.1) is 5.54 Å². The van der Waals surface area contributed by atoms with Crippen molar-refractivity contribution in [3.8, 4) is 11.1 Å². The average Bonchev–Trinajstić information content (AvgIpc) is 2.98. The van der Waals surface area contributed by atoms with Crippen molar-refractivity contribution in [1.29, 1.82) is 0 Å². The maximum atomic E-state index is 5.97. The van der Waals surface area contributed by atoms with Gasteiger partial charge in [0, 0.05) is 44.4 Å². The summed E-state index contributed by atoms with van der Waals surface area (Å²) in [6, 6.07) is 6.44. The van der Waals surface area contributed by atoms with E-state index < -0.39 is 0 Å². The van der Waals surface area contributed by atoms with Crippen LogP contribution in [0.4, 0.5) is 0 Å². The van der Waals surface area contributed by atoms with Crippen LogP contribution in [0.15, 0.2) is 41.9 Å². The molecule has 0 fully saturated rings. The summed E-state index contributed by atoms with van der Waals surface area (Å²) >= 11 is 0. The summed E-state index contributed by atoms with van der Waals surface area (Å²) < 4.78 is 0. The minimum atomic E-state index is -0.0904. The number of benzene rings is 1. The van der Waals surface area contributed by atoms with Crippen LogP contribution < -0.4 is 5.73 Å². The third-order valence-electron chi connectivity index (χ3n) is 4.44. The van der Waals surface area contributed by atoms with Crippen LogP contribution >= 0.6 is 0 Å². The molecule has 106 valence electrons. The maximum Gasteiger partial charge on any atom is 0.191 e. The fourth-order valence-electron chi connectivity index (χ4n) is 3.54. The summed E-state index contributed by atoms with van der Waals surface area (Å²) in [5, 5.41) is 0. The van der Waals surface area contributed by atoms with Crippen LogP contribution in [-0.4, -0.2) is 40.0 Å². The van der Waals surface area contributed by atoms with Gasteiger partial charge in [0.25, 0.3) is 0 Å². The van der Waals surface area contributed by atoms with Gasteiger partial charge in [-0.25, -0.2) is 15.0 Å². The minimum absolute atomic E-state index is 0.0904. The van der Waals surface area contributed by atoms with Crippen molar-refractivity contribution >= 4 is 5.96 Å². The highest BCUT2D eigenvalue weighted by Crippen LogP contribution is 2.40. The number of likely N-dealkylation sites (N-methyl/N-ethyl adjacent to an activating group) is 1. The van der Waals surface area contributed by atoms with E-state index in [1.165, 1.54) is 16.7 Å². The van der Waals surface area contributed by atoms with Gasteiger partial charge in [-0.1, -0.05) is 18.2 Å². The number of guanidine groups is 1. The Bertz CT molecular complexity index is 725. The molecule has 1 aromatic heterocycles. The fraction of sp³-hybridized carbons (Fsp3) is 0.312. The van der Waals surface area contributed by atoms with Crippen LogP contribution in [0.2, 0.25) is 0 Å². The van der Waals surface area contributed by atoms with Crippen LogP contribution in [0.5, 0.6) is 0 Å². The molecular weight excluding hydrogens is 262 g/mol. The standard InChI is InChI=1S/C16H17N5/c1-21-9-16(20-15(21)17)5-11-3-2-4-13(14(11)6-16)12-7-18-10-19-8-12/h2-4,7-8,10H,5-6,9H2,1H3,(H2,17,20). The van der Waals surface area contributed by atoms with E-state index in [9.17, 15) is 0 Å². The quantitative estimate of drug-likeness (QED) is 0.853. The van der Waals surface area contributed by atoms with Crippen molar-refractivity contribution in [2.45, 2.75) is 18.4 Å². The Morgan fingerprint density at radius 3 is 2.71 bits per heavy atom. The Hall–Kier alpha value is -2.43. The Labute approximate surface area is 123 Å². The highest BCUT2D eigenvalue weighted by Gasteiger charge is 2.43. The summed E-state index contributed by atoms with van der Waals surface area (Å²) in [5.74, 6) is 0.646. The van der Waals surface area contributed by atoms with Gasteiger partial charge in [0.2, 0.25) is 0 Å². The lowest BCUT2D eigenvalue weighted by Crippen LogP contribution is -2.36. The van der Waals surface area contributed by atoms with Gasteiger partial charge in [-0.3, -0.25) is 0 Å². The molecule has 2 aliphatic rings. The van der Waals surface area contributed by atoms with Gasteiger partial charge in [-0.2, -0.15) is 0 Å². The molecule has 1 spiro atoms. The lowest BCUT2D eigenvalue weighted by Gasteiger charge is -2.20. The molecule has 1 aliphatic carbocycles. The molecule has 1 atom stereocenters. The number of fused-ring (bicyclic) bond motifs is 1. The van der Waals surface area contributed by atoms with Gasteiger partial charge in [0.15, 0.2) is 5.96 Å². The number of rotatable bonds is 1. The highest BCUT2D eigenvalue weighted by molar-refractivity contribution is 5.81. The summed E-state index contributed by atoms with van der Waals surface area (Å²) in [4.78, 5) is 15.0. The van der Waals surface area contributed by atoms with Crippen molar-refractivity contribution in [3.05, 3.63) is 48.0 Å². The third-order valence-corrected chi connectivity index (χ3v) is 4.44. The van der Waals surface area contributed by atoms with Crippen LogP contribution in [0.25, 0.3) is 11.1 Å². The molecule has 5 nitrogen and oxygen atoms in total. The predicted molar refractivity (Wildman–Crippen MR) is 81.9 cm³/mol. The second-order valence-corrected chi connectivity index (χ2v) is 5.97. The number of nitrogens with two attached hydrogens (primary N) is 1. The molecule has 0 radical (unpaired) electrons. The molecule has 4 rings (SSSR count). The van der Waals surface area contributed by atoms with Crippen molar-refractivity contribution < 1.29 is 0 Å². The smallest absolute Gasteiger partial charge is 0.191 e. The van der Waals surface area contributed by atoms with Gasteiger partial charge in [-0.15, -0.1) is 0 Å². The summed E-state index contributed by atoms with van der Waals surface area (Å²) in [7, 11) is 2.00. The van der Waals surface area contributed by atoms with Crippen LogP contribution in [-0.2, 0) is 12.8 Å². The summed E-state index contributed by atoms with van der Waals surface area (Å²) in [6.45, 7) is 0.887. The van der Waals surface area contributed by atoms with Crippen molar-refractivity contribution in [2.24, 2.45) is 10.7 Å². The maximum absolute atomic E-state index is 5.97. The molecule has 5 heteroatoms. The van der Waals surface area contributed by atoms with Gasteiger partial charge in [0.1, 0.15) is 6.33 Å². The third kappa shape index (κ3) is 1.88. The molecular formula is C16H17N5. The molecule has 0 saturated carbocycles. The van der Waals surface area contributed by atoms with E-state index in [1.807, 2.05) is 24.3 Å². The molecule has 2 heterocycles. The first-order valence-corrected chi connectivity index (χ1v) is 7.09. The van der Waals surface area contributed by atoms with E-state index in [0.29, 0.717) is 5.96 Å². The highest BCUT2D eigenvalue weighted by atomic mass is 15.3. The second kappa shape index (κ2) is 4.28. The molecule has 0 bridgehead atoms. The minimum Gasteiger partial charge on any atom is -0.370 e. The monoisotopic (exact) mass is 279 g/mol. The van der Waals surface area contributed by atoms with Crippen LogP contribution in [0.1, 0.15) is 11.1 Å². The van der Waals surface area contributed by atoms with Crippen molar-refractivity contribution in [2.75, 3.05) is 13.6 Å². The molecule has 0 amide bonds. The van der Waals surface area contributed by atoms with Crippen LogP contribution in [0, 0.1) is 0 Å². The topological polar surface area (TPSA) is 67.4 Å². The molecule has 2 N–H and O–H groups in total. The largest absolute Gasteiger partial charge is 0.370 e. The van der Waals surface area contributed by atoms with Crippen molar-refractivity contribution in [1.82, 2.24) is 14.9 Å². The van der Waals surface area contributed by atoms with E-state index in [2.05, 4.69) is 28.2 Å². The Morgan fingerprint density at radius 1 is 1.19 bits per heavy atom. The first-order valence-electron chi connectivity index (χ1n) is 7.09. The van der Waals surface area contributed by atoms with Gasteiger partial charge < -0.3 is 10.6 Å². The first kappa shape index (κ1) is 12.3. The predicted octanol–water partition coefficient (Wildman–Crippen LogP) is 1.24. The van der Waals surface area contributed by atoms with E-state index in [4.69, 9.17) is 10.7 Å². The number of hydrogen-bond donors (Lipinski definition) is 1. The number of aromatic nitrogens is 2. The molecule has 0 saturated heterocycles. The Morgan fingerprint density at radius 2 is 2.00 bits per heavy atom.